The summed E-state index contributed by atoms with van der Waals surface area (Å²) in [4.78, 5) is 23.7. The van der Waals surface area contributed by atoms with E-state index < -0.39 is 18.3 Å². The Morgan fingerprint density at radius 2 is 1.62 bits per heavy atom. The minimum absolute atomic E-state index is 0.0356. The first-order valence-electron chi connectivity index (χ1n) is 11.2. The highest BCUT2D eigenvalue weighted by Crippen LogP contribution is 2.44. The van der Waals surface area contributed by atoms with E-state index >= 15 is 0 Å². The molecular formula is C27H28N2O5. The van der Waals surface area contributed by atoms with Gasteiger partial charge in [-0.25, -0.2) is 4.79 Å². The molecule has 0 aromatic heterocycles. The van der Waals surface area contributed by atoms with Crippen LogP contribution in [0.25, 0.3) is 11.1 Å². The van der Waals surface area contributed by atoms with Crippen molar-refractivity contribution in [1.29, 1.82) is 0 Å². The smallest absolute Gasteiger partial charge is 0.407 e. The number of ether oxygens (including phenoxy) is 1. The van der Waals surface area contributed by atoms with Gasteiger partial charge < -0.3 is 26.0 Å². The highest BCUT2D eigenvalue weighted by Gasteiger charge is 2.29. The number of aliphatic hydroxyl groups is 2. The number of carbonyl (C=O) groups excluding carboxylic acids is 2. The van der Waals surface area contributed by atoms with Gasteiger partial charge in [-0.3, -0.25) is 4.79 Å². The molecule has 0 radical (unpaired) electrons. The SMILES string of the molecule is CC(=O)c1ccc(C(O)C(O)CCNC(=O)OCC2c3ccccc3-c3ccccc32)c(N)c1. The molecule has 2 atom stereocenters. The predicted octanol–water partition coefficient (Wildman–Crippen LogP) is 3.79. The zero-order valence-electron chi connectivity index (χ0n) is 18.9. The average molecular weight is 461 g/mol. The third kappa shape index (κ3) is 4.81. The third-order valence-corrected chi connectivity index (χ3v) is 6.23. The lowest BCUT2D eigenvalue weighted by molar-refractivity contribution is 0.0141. The van der Waals surface area contributed by atoms with E-state index in [2.05, 4.69) is 17.4 Å². The molecule has 0 fully saturated rings. The summed E-state index contributed by atoms with van der Waals surface area (Å²) < 4.78 is 5.48. The molecule has 3 aromatic rings. The number of aliphatic hydroxyl groups excluding tert-OH is 2. The molecule has 5 N–H and O–H groups in total. The van der Waals surface area contributed by atoms with Crippen LogP contribution in [0.2, 0.25) is 0 Å². The Kier molecular flexibility index (Phi) is 6.95. The van der Waals surface area contributed by atoms with Gasteiger partial charge in [0.15, 0.2) is 5.78 Å². The normalized spacial score (nSPS) is 14.1. The number of nitrogen functional groups attached to an aromatic ring is 1. The van der Waals surface area contributed by atoms with Crippen LogP contribution in [0.15, 0.2) is 66.7 Å². The maximum atomic E-state index is 12.3. The van der Waals surface area contributed by atoms with Gasteiger partial charge in [0.25, 0.3) is 0 Å². The van der Waals surface area contributed by atoms with E-state index in [0.29, 0.717) is 11.1 Å². The first kappa shape index (κ1) is 23.5. The number of anilines is 1. The topological polar surface area (TPSA) is 122 Å². The van der Waals surface area contributed by atoms with Crippen LogP contribution in [-0.4, -0.2) is 41.3 Å². The van der Waals surface area contributed by atoms with Crippen LogP contribution in [0, 0.1) is 0 Å². The fourth-order valence-corrected chi connectivity index (χ4v) is 4.40. The molecule has 0 bridgehead atoms. The summed E-state index contributed by atoms with van der Waals surface area (Å²) in [7, 11) is 0. The summed E-state index contributed by atoms with van der Waals surface area (Å²) in [5, 5.41) is 23.4. The van der Waals surface area contributed by atoms with Crippen LogP contribution in [0.3, 0.4) is 0 Å². The quantitative estimate of drug-likeness (QED) is 0.300. The molecule has 3 aromatic carbocycles. The summed E-state index contributed by atoms with van der Waals surface area (Å²) >= 11 is 0. The van der Waals surface area contributed by atoms with E-state index in [1.165, 1.54) is 19.1 Å². The molecule has 4 rings (SSSR count). The van der Waals surface area contributed by atoms with Crippen molar-refractivity contribution >= 4 is 17.6 Å². The summed E-state index contributed by atoms with van der Waals surface area (Å²) in [6.45, 7) is 1.74. The van der Waals surface area contributed by atoms with Crippen LogP contribution in [0.4, 0.5) is 10.5 Å². The van der Waals surface area contributed by atoms with Gasteiger partial charge in [-0.2, -0.15) is 0 Å². The zero-order valence-corrected chi connectivity index (χ0v) is 18.9. The fourth-order valence-electron chi connectivity index (χ4n) is 4.40. The molecule has 7 nitrogen and oxygen atoms in total. The third-order valence-electron chi connectivity index (χ3n) is 6.23. The molecule has 0 aliphatic heterocycles. The van der Waals surface area contributed by atoms with Crippen molar-refractivity contribution in [1.82, 2.24) is 5.32 Å². The monoisotopic (exact) mass is 460 g/mol. The number of alkyl carbamates (subject to hydrolysis) is 1. The number of nitrogens with two attached hydrogens (primary N) is 1. The first-order chi connectivity index (χ1) is 16.4. The Morgan fingerprint density at radius 1 is 1.00 bits per heavy atom. The number of hydrogen-bond acceptors (Lipinski definition) is 6. The van der Waals surface area contributed by atoms with Crippen LogP contribution < -0.4 is 11.1 Å². The van der Waals surface area contributed by atoms with Gasteiger partial charge >= 0.3 is 6.09 Å². The maximum absolute atomic E-state index is 12.3. The molecule has 1 aliphatic rings. The minimum atomic E-state index is -1.25. The van der Waals surface area contributed by atoms with Crippen molar-refractivity contribution in [3.05, 3.63) is 89.0 Å². The van der Waals surface area contributed by atoms with E-state index in [0.717, 1.165) is 22.3 Å². The molecule has 0 heterocycles. The van der Waals surface area contributed by atoms with E-state index in [1.807, 2.05) is 36.4 Å². The Morgan fingerprint density at radius 3 is 2.21 bits per heavy atom. The van der Waals surface area contributed by atoms with Crippen LogP contribution in [-0.2, 0) is 4.74 Å². The Bertz CT molecular complexity index is 1160. The summed E-state index contributed by atoms with van der Waals surface area (Å²) in [5.74, 6) is -0.174. The number of amides is 1. The number of carbonyl (C=O) groups is 2. The van der Waals surface area contributed by atoms with E-state index in [-0.39, 0.29) is 37.0 Å². The average Bonchev–Trinajstić information content (AvgIpc) is 3.16. The van der Waals surface area contributed by atoms with Crippen LogP contribution in [0.5, 0.6) is 0 Å². The lowest BCUT2D eigenvalue weighted by Gasteiger charge is -2.20. The molecule has 2 unspecified atom stereocenters. The van der Waals surface area contributed by atoms with Crippen molar-refractivity contribution in [2.45, 2.75) is 31.5 Å². The van der Waals surface area contributed by atoms with Gasteiger partial charge in [0.05, 0.1) is 6.10 Å². The lowest BCUT2D eigenvalue weighted by Crippen LogP contribution is -2.30. The van der Waals surface area contributed by atoms with Gasteiger partial charge in [0.2, 0.25) is 0 Å². The highest BCUT2D eigenvalue weighted by atomic mass is 16.5. The van der Waals surface area contributed by atoms with Crippen LogP contribution in [0.1, 0.15) is 52.4 Å². The molecule has 34 heavy (non-hydrogen) atoms. The molecule has 7 heteroatoms. The van der Waals surface area contributed by atoms with Crippen molar-refractivity contribution in [2.24, 2.45) is 0 Å². The lowest BCUT2D eigenvalue weighted by atomic mass is 9.98. The van der Waals surface area contributed by atoms with Gasteiger partial charge in [-0.15, -0.1) is 0 Å². The predicted molar refractivity (Wildman–Crippen MR) is 130 cm³/mol. The molecule has 0 saturated heterocycles. The highest BCUT2D eigenvalue weighted by molar-refractivity contribution is 5.95. The van der Waals surface area contributed by atoms with Gasteiger partial charge in [-0.05, 0) is 41.7 Å². The number of Topliss-reactive ketones (excluding diaryl/α,β-unsaturated/α-hetero) is 1. The number of nitrogens with one attached hydrogen (secondary N) is 1. The zero-order chi connectivity index (χ0) is 24.2. The van der Waals surface area contributed by atoms with Gasteiger partial charge in [0, 0.05) is 29.3 Å². The van der Waals surface area contributed by atoms with Crippen molar-refractivity contribution in [3.8, 4) is 11.1 Å². The minimum Gasteiger partial charge on any atom is -0.449 e. The second-order valence-electron chi connectivity index (χ2n) is 8.45. The largest absolute Gasteiger partial charge is 0.449 e. The van der Waals surface area contributed by atoms with Gasteiger partial charge in [0.1, 0.15) is 12.7 Å². The van der Waals surface area contributed by atoms with E-state index in [9.17, 15) is 19.8 Å². The van der Waals surface area contributed by atoms with E-state index in [4.69, 9.17) is 10.5 Å². The second-order valence-corrected chi connectivity index (χ2v) is 8.45. The molecule has 176 valence electrons. The molecule has 1 amide bonds. The number of rotatable bonds is 8. The summed E-state index contributed by atoms with van der Waals surface area (Å²) in [6.07, 6.45) is -2.89. The van der Waals surface area contributed by atoms with Crippen molar-refractivity contribution in [3.63, 3.8) is 0 Å². The number of hydrogen-bond donors (Lipinski definition) is 4. The number of ketones is 1. The van der Waals surface area contributed by atoms with Gasteiger partial charge in [-0.1, -0.05) is 60.7 Å². The molecular weight excluding hydrogens is 432 g/mol. The number of benzene rings is 3. The van der Waals surface area contributed by atoms with Crippen LogP contribution >= 0.6 is 0 Å². The Labute approximate surface area is 198 Å². The number of fused-ring (bicyclic) bond motifs is 3. The first-order valence-corrected chi connectivity index (χ1v) is 11.2. The molecule has 0 saturated carbocycles. The Hall–Kier alpha value is -3.68. The van der Waals surface area contributed by atoms with Crippen molar-refractivity contribution < 1.29 is 24.5 Å². The standard InChI is InChI=1S/C27H28N2O5/c1-16(30)17-10-11-22(24(28)14-17)26(32)25(31)12-13-29-27(33)34-15-23-20-8-4-2-6-18(20)19-7-3-5-9-21(19)23/h2-11,14,23,25-26,31-32H,12-13,15,28H2,1H3,(H,29,33). The van der Waals surface area contributed by atoms with E-state index in [1.54, 1.807) is 6.07 Å². The second kappa shape index (κ2) is 10.1. The Balaban J connectivity index is 1.28. The fraction of sp³-hybridized carbons (Fsp3) is 0.259. The summed E-state index contributed by atoms with van der Waals surface area (Å²) in [5.41, 5.74) is 11.5. The molecule has 0 spiro atoms. The molecule has 1 aliphatic carbocycles. The van der Waals surface area contributed by atoms with Crippen molar-refractivity contribution in [2.75, 3.05) is 18.9 Å². The maximum Gasteiger partial charge on any atom is 0.407 e. The summed E-state index contributed by atoms with van der Waals surface area (Å²) in [6, 6.07) is 20.7.